The highest BCUT2D eigenvalue weighted by Gasteiger charge is 2.11. The number of nitrogens with two attached hydrogens (primary N) is 1. The highest BCUT2D eigenvalue weighted by Crippen LogP contribution is 1.98. The van der Waals surface area contributed by atoms with Crippen LogP contribution in [0.3, 0.4) is 0 Å². The summed E-state index contributed by atoms with van der Waals surface area (Å²) in [5.74, 6) is 0. The average Bonchev–Trinajstić information content (AvgIpc) is 2.21. The number of rotatable bonds is 9. The summed E-state index contributed by atoms with van der Waals surface area (Å²) in [5.41, 5.74) is 5.46. The molecule has 5 heteroatoms. The minimum Gasteiger partial charge on any atom is -0.383 e. The Labute approximate surface area is 95.4 Å². The van der Waals surface area contributed by atoms with Crippen molar-refractivity contribution >= 4 is 10.8 Å². The van der Waals surface area contributed by atoms with Gasteiger partial charge in [-0.25, -0.2) is 0 Å². The third-order valence-corrected chi connectivity index (χ3v) is 3.69. The smallest absolute Gasteiger partial charge is 0.0615 e. The largest absolute Gasteiger partial charge is 0.383 e. The average molecular weight is 236 g/mol. The fourth-order valence-corrected chi connectivity index (χ4v) is 1.59. The molecule has 0 saturated heterocycles. The fraction of sp³-hybridized carbons (Fsp3) is 1.00. The van der Waals surface area contributed by atoms with Crippen molar-refractivity contribution in [3.05, 3.63) is 0 Å². The molecule has 92 valence electrons. The van der Waals surface area contributed by atoms with Gasteiger partial charge < -0.3 is 15.8 Å². The molecule has 4 nitrogen and oxygen atoms in total. The van der Waals surface area contributed by atoms with E-state index >= 15 is 0 Å². The third-order valence-electron chi connectivity index (χ3n) is 2.39. The standard InChI is InChI=1S/C10H24N2O2S/c1-9(15(3)13)7-12-10(8-14-2)5-4-6-11/h9-10,12H,4-8,11H2,1-3H3. The zero-order valence-corrected chi connectivity index (χ0v) is 10.8. The van der Waals surface area contributed by atoms with Crippen LogP contribution in [-0.2, 0) is 15.5 Å². The normalized spacial score (nSPS) is 17.3. The van der Waals surface area contributed by atoms with Crippen LogP contribution < -0.4 is 11.1 Å². The second-order valence-electron chi connectivity index (χ2n) is 3.80. The summed E-state index contributed by atoms with van der Waals surface area (Å²) in [5, 5.41) is 3.55. The Morgan fingerprint density at radius 1 is 1.53 bits per heavy atom. The Balaban J connectivity index is 3.78. The maximum absolute atomic E-state index is 11.1. The molecule has 0 spiro atoms. The lowest BCUT2D eigenvalue weighted by atomic mass is 10.1. The van der Waals surface area contributed by atoms with E-state index in [9.17, 15) is 4.21 Å². The van der Waals surface area contributed by atoms with Gasteiger partial charge >= 0.3 is 0 Å². The second-order valence-corrected chi connectivity index (χ2v) is 5.60. The summed E-state index contributed by atoms with van der Waals surface area (Å²) in [4.78, 5) is 0. The quantitative estimate of drug-likeness (QED) is 0.596. The van der Waals surface area contributed by atoms with Crippen LogP contribution in [0.1, 0.15) is 19.8 Å². The van der Waals surface area contributed by atoms with E-state index in [0.29, 0.717) is 19.2 Å². The van der Waals surface area contributed by atoms with Crippen molar-refractivity contribution < 1.29 is 8.95 Å². The molecule has 0 aliphatic rings. The van der Waals surface area contributed by atoms with Crippen molar-refractivity contribution in [1.29, 1.82) is 0 Å². The molecule has 3 atom stereocenters. The van der Waals surface area contributed by atoms with Crippen LogP contribution >= 0.6 is 0 Å². The predicted octanol–water partition coefficient (Wildman–Crippen LogP) is 0.0969. The summed E-state index contributed by atoms with van der Waals surface area (Å²) in [7, 11) is 0.929. The molecule has 0 aliphatic heterocycles. The molecular weight excluding hydrogens is 212 g/mol. The first-order valence-corrected chi connectivity index (χ1v) is 6.98. The van der Waals surface area contributed by atoms with Gasteiger partial charge in [0.25, 0.3) is 0 Å². The van der Waals surface area contributed by atoms with E-state index < -0.39 is 10.8 Å². The van der Waals surface area contributed by atoms with Crippen LogP contribution in [0.15, 0.2) is 0 Å². The molecule has 3 unspecified atom stereocenters. The molecule has 0 aromatic rings. The van der Waals surface area contributed by atoms with Crippen LogP contribution in [0, 0.1) is 0 Å². The Bertz CT molecular complexity index is 179. The topological polar surface area (TPSA) is 64.3 Å². The van der Waals surface area contributed by atoms with E-state index in [0.717, 1.165) is 19.4 Å². The minimum atomic E-state index is -0.764. The van der Waals surface area contributed by atoms with Gasteiger partial charge in [0.2, 0.25) is 0 Å². The van der Waals surface area contributed by atoms with Gasteiger partial charge in [0.1, 0.15) is 0 Å². The van der Waals surface area contributed by atoms with Crippen LogP contribution in [0.4, 0.5) is 0 Å². The van der Waals surface area contributed by atoms with Gasteiger partial charge in [0, 0.05) is 42.0 Å². The molecule has 0 aliphatic carbocycles. The van der Waals surface area contributed by atoms with Crippen molar-refractivity contribution in [1.82, 2.24) is 5.32 Å². The van der Waals surface area contributed by atoms with E-state index in [4.69, 9.17) is 10.5 Å². The minimum absolute atomic E-state index is 0.183. The van der Waals surface area contributed by atoms with E-state index in [-0.39, 0.29) is 5.25 Å². The fourth-order valence-electron chi connectivity index (χ4n) is 1.26. The van der Waals surface area contributed by atoms with Crippen LogP contribution in [0.2, 0.25) is 0 Å². The molecule has 0 saturated carbocycles. The van der Waals surface area contributed by atoms with E-state index in [2.05, 4.69) is 5.32 Å². The van der Waals surface area contributed by atoms with Gasteiger partial charge in [0.15, 0.2) is 0 Å². The van der Waals surface area contributed by atoms with Crippen molar-refractivity contribution in [3.63, 3.8) is 0 Å². The SMILES string of the molecule is COCC(CCCN)NCC(C)S(C)=O. The number of methoxy groups -OCH3 is 1. The van der Waals surface area contributed by atoms with Crippen molar-refractivity contribution in [3.8, 4) is 0 Å². The van der Waals surface area contributed by atoms with Gasteiger partial charge in [-0.15, -0.1) is 0 Å². The van der Waals surface area contributed by atoms with Gasteiger partial charge in [-0.2, -0.15) is 0 Å². The first-order chi connectivity index (χ1) is 7.11. The van der Waals surface area contributed by atoms with Crippen LogP contribution in [0.25, 0.3) is 0 Å². The Morgan fingerprint density at radius 3 is 2.67 bits per heavy atom. The van der Waals surface area contributed by atoms with Crippen molar-refractivity contribution in [2.24, 2.45) is 5.73 Å². The lowest BCUT2D eigenvalue weighted by molar-refractivity contribution is 0.162. The molecule has 0 fully saturated rings. The molecule has 0 radical (unpaired) electrons. The summed E-state index contributed by atoms with van der Waals surface area (Å²) in [6, 6.07) is 0.324. The molecule has 3 N–H and O–H groups in total. The monoisotopic (exact) mass is 236 g/mol. The Hall–Kier alpha value is 0.0300. The number of hydrogen-bond donors (Lipinski definition) is 2. The van der Waals surface area contributed by atoms with Gasteiger partial charge in [-0.05, 0) is 26.3 Å². The zero-order valence-electron chi connectivity index (χ0n) is 9.99. The van der Waals surface area contributed by atoms with Crippen LogP contribution in [-0.4, -0.2) is 48.6 Å². The number of nitrogens with one attached hydrogen (secondary N) is 1. The van der Waals surface area contributed by atoms with Gasteiger partial charge in [-0.1, -0.05) is 0 Å². The van der Waals surface area contributed by atoms with Crippen LogP contribution in [0.5, 0.6) is 0 Å². The Morgan fingerprint density at radius 2 is 2.20 bits per heavy atom. The number of ether oxygens (including phenoxy) is 1. The molecule has 0 bridgehead atoms. The third kappa shape index (κ3) is 7.90. The first-order valence-electron chi connectivity index (χ1n) is 5.36. The summed E-state index contributed by atoms with van der Waals surface area (Å²) < 4.78 is 16.3. The molecule has 0 rings (SSSR count). The molecule has 0 aromatic heterocycles. The van der Waals surface area contributed by atoms with Crippen molar-refractivity contribution in [2.75, 3.05) is 33.1 Å². The number of hydrogen-bond acceptors (Lipinski definition) is 4. The van der Waals surface area contributed by atoms with E-state index in [1.54, 1.807) is 13.4 Å². The molecular formula is C10H24N2O2S. The molecule has 0 heterocycles. The maximum Gasteiger partial charge on any atom is 0.0615 e. The maximum atomic E-state index is 11.1. The van der Waals surface area contributed by atoms with Gasteiger partial charge in [0.05, 0.1) is 6.61 Å². The Kier molecular flexibility index (Phi) is 9.29. The lowest BCUT2D eigenvalue weighted by Gasteiger charge is -2.19. The van der Waals surface area contributed by atoms with E-state index in [1.807, 2.05) is 6.92 Å². The lowest BCUT2D eigenvalue weighted by Crippen LogP contribution is -2.39. The van der Waals surface area contributed by atoms with Gasteiger partial charge in [-0.3, -0.25) is 4.21 Å². The van der Waals surface area contributed by atoms with Crippen molar-refractivity contribution in [2.45, 2.75) is 31.1 Å². The predicted molar refractivity (Wildman–Crippen MR) is 65.5 cm³/mol. The highest BCUT2D eigenvalue weighted by atomic mass is 32.2. The second kappa shape index (κ2) is 9.27. The zero-order chi connectivity index (χ0) is 11.7. The molecule has 0 aromatic carbocycles. The molecule has 0 amide bonds. The summed E-state index contributed by atoms with van der Waals surface area (Å²) >= 11 is 0. The van der Waals surface area contributed by atoms with E-state index in [1.165, 1.54) is 0 Å². The molecule has 15 heavy (non-hydrogen) atoms. The first kappa shape index (κ1) is 15.0. The summed E-state index contributed by atoms with van der Waals surface area (Å²) in [6.45, 7) is 4.14. The highest BCUT2D eigenvalue weighted by molar-refractivity contribution is 7.84. The summed E-state index contributed by atoms with van der Waals surface area (Å²) in [6.07, 6.45) is 3.73.